The van der Waals surface area contributed by atoms with Crippen LogP contribution in [0.4, 0.5) is 0 Å². The van der Waals surface area contributed by atoms with Gasteiger partial charge in [-0.15, -0.1) is 0 Å². The molecule has 7 nitrogen and oxygen atoms in total. The second-order valence-corrected chi connectivity index (χ2v) is 8.48. The average Bonchev–Trinajstić information content (AvgIpc) is 3.11. The molecule has 8 heteroatoms. The van der Waals surface area contributed by atoms with Crippen LogP contribution in [0.3, 0.4) is 0 Å². The molecule has 2 rings (SSSR count). The fraction of sp³-hybridized carbons (Fsp3) is 0.846. The SMILES string of the molecule is CC1(NC(=O)CN(CCC(=O)O)C2CC2)CCS(=O)(=O)C1. The van der Waals surface area contributed by atoms with Gasteiger partial charge in [-0.05, 0) is 26.2 Å². The highest BCUT2D eigenvalue weighted by Crippen LogP contribution is 2.27. The normalized spacial score (nSPS) is 27.7. The predicted octanol–water partition coefficient (Wildman–Crippen LogP) is -0.381. The number of nitrogens with one attached hydrogen (secondary N) is 1. The largest absolute Gasteiger partial charge is 0.481 e. The Morgan fingerprint density at radius 3 is 2.52 bits per heavy atom. The zero-order valence-electron chi connectivity index (χ0n) is 12.2. The van der Waals surface area contributed by atoms with Crippen LogP contribution in [0.25, 0.3) is 0 Å². The zero-order chi connectivity index (χ0) is 15.7. The van der Waals surface area contributed by atoms with Gasteiger partial charge in [0.2, 0.25) is 5.91 Å². The summed E-state index contributed by atoms with van der Waals surface area (Å²) in [5.74, 6) is -1.03. The highest BCUT2D eigenvalue weighted by atomic mass is 32.2. The number of carboxylic acid groups (broad SMARTS) is 1. The molecule has 0 bridgehead atoms. The summed E-state index contributed by atoms with van der Waals surface area (Å²) in [6, 6.07) is 0.287. The minimum Gasteiger partial charge on any atom is -0.481 e. The van der Waals surface area contributed by atoms with E-state index < -0.39 is 21.3 Å². The van der Waals surface area contributed by atoms with Crippen LogP contribution in [0.5, 0.6) is 0 Å². The molecule has 1 aliphatic carbocycles. The molecule has 1 heterocycles. The molecule has 0 aromatic carbocycles. The van der Waals surface area contributed by atoms with Gasteiger partial charge in [0.25, 0.3) is 0 Å². The van der Waals surface area contributed by atoms with Crippen molar-refractivity contribution < 1.29 is 23.1 Å². The standard InChI is InChI=1S/C13H22N2O5S/c1-13(5-7-21(19,20)9-13)14-11(16)8-15(10-2-3-10)6-4-12(17)18/h10H,2-9H2,1H3,(H,14,16)(H,17,18). The first-order valence-corrected chi connectivity index (χ1v) is 8.99. The Morgan fingerprint density at radius 1 is 1.38 bits per heavy atom. The Balaban J connectivity index is 1.86. The predicted molar refractivity (Wildman–Crippen MR) is 76.7 cm³/mol. The molecule has 1 amide bonds. The number of carbonyl (C=O) groups is 2. The molecule has 2 N–H and O–H groups in total. The first kappa shape index (κ1) is 16.2. The minimum atomic E-state index is -3.06. The van der Waals surface area contributed by atoms with Gasteiger partial charge in [-0.1, -0.05) is 0 Å². The van der Waals surface area contributed by atoms with Crippen molar-refractivity contribution in [1.82, 2.24) is 10.2 Å². The minimum absolute atomic E-state index is 0.00935. The highest BCUT2D eigenvalue weighted by molar-refractivity contribution is 7.91. The van der Waals surface area contributed by atoms with Crippen molar-refractivity contribution in [2.45, 2.75) is 44.2 Å². The van der Waals surface area contributed by atoms with Gasteiger partial charge in [0.15, 0.2) is 9.84 Å². The summed E-state index contributed by atoms with van der Waals surface area (Å²) >= 11 is 0. The average molecular weight is 318 g/mol. The van der Waals surface area contributed by atoms with E-state index in [0.29, 0.717) is 13.0 Å². The van der Waals surface area contributed by atoms with E-state index in [2.05, 4.69) is 5.32 Å². The fourth-order valence-electron chi connectivity index (χ4n) is 2.74. The van der Waals surface area contributed by atoms with Crippen LogP contribution < -0.4 is 5.32 Å². The van der Waals surface area contributed by atoms with Crippen molar-refractivity contribution >= 4 is 21.7 Å². The maximum atomic E-state index is 12.1. The molecule has 0 aromatic heterocycles. The van der Waals surface area contributed by atoms with Gasteiger partial charge in [0, 0.05) is 12.6 Å². The molecule has 0 spiro atoms. The quantitative estimate of drug-likeness (QED) is 0.663. The van der Waals surface area contributed by atoms with Crippen molar-refractivity contribution in [1.29, 1.82) is 0 Å². The number of rotatable bonds is 7. The summed E-state index contributed by atoms with van der Waals surface area (Å²) in [6.45, 7) is 2.23. The molecule has 1 saturated heterocycles. The van der Waals surface area contributed by atoms with Gasteiger partial charge < -0.3 is 10.4 Å². The number of hydrogen-bond acceptors (Lipinski definition) is 5. The second kappa shape index (κ2) is 5.92. The van der Waals surface area contributed by atoms with Crippen LogP contribution in [0, 0.1) is 0 Å². The Kier molecular flexibility index (Phi) is 4.57. The maximum Gasteiger partial charge on any atom is 0.304 e. The number of hydrogen-bond donors (Lipinski definition) is 2. The van der Waals surface area contributed by atoms with Gasteiger partial charge >= 0.3 is 5.97 Å². The van der Waals surface area contributed by atoms with Crippen LogP contribution in [0.1, 0.15) is 32.6 Å². The fourth-order valence-corrected chi connectivity index (χ4v) is 4.83. The van der Waals surface area contributed by atoms with Gasteiger partial charge in [-0.2, -0.15) is 0 Å². The van der Waals surface area contributed by atoms with E-state index in [9.17, 15) is 18.0 Å². The number of aliphatic carboxylic acids is 1. The summed E-state index contributed by atoms with van der Waals surface area (Å²) < 4.78 is 23.0. The van der Waals surface area contributed by atoms with Crippen molar-refractivity contribution in [2.24, 2.45) is 0 Å². The molecule has 1 unspecified atom stereocenters. The van der Waals surface area contributed by atoms with Crippen LogP contribution in [0.2, 0.25) is 0 Å². The lowest BCUT2D eigenvalue weighted by Gasteiger charge is -2.27. The first-order chi connectivity index (χ1) is 9.69. The van der Waals surface area contributed by atoms with Gasteiger partial charge in [-0.25, -0.2) is 8.42 Å². The van der Waals surface area contributed by atoms with Crippen LogP contribution in [-0.4, -0.2) is 66.5 Å². The Morgan fingerprint density at radius 2 is 2.05 bits per heavy atom. The molecule has 0 aromatic rings. The number of nitrogens with zero attached hydrogens (tertiary/aromatic N) is 1. The monoisotopic (exact) mass is 318 g/mol. The Hall–Kier alpha value is -1.15. The van der Waals surface area contributed by atoms with E-state index in [1.807, 2.05) is 4.90 Å². The van der Waals surface area contributed by atoms with Crippen molar-refractivity contribution in [3.05, 3.63) is 0 Å². The van der Waals surface area contributed by atoms with Crippen molar-refractivity contribution in [3.8, 4) is 0 Å². The van der Waals surface area contributed by atoms with E-state index in [1.165, 1.54) is 0 Å². The molecule has 1 saturated carbocycles. The maximum absolute atomic E-state index is 12.1. The molecule has 1 atom stereocenters. The lowest BCUT2D eigenvalue weighted by atomic mass is 10.0. The van der Waals surface area contributed by atoms with E-state index in [-0.39, 0.29) is 36.4 Å². The summed E-state index contributed by atoms with van der Waals surface area (Å²) in [5, 5.41) is 11.5. The van der Waals surface area contributed by atoms with Crippen LogP contribution in [0.15, 0.2) is 0 Å². The number of amides is 1. The third-order valence-corrected chi connectivity index (χ3v) is 5.87. The lowest BCUT2D eigenvalue weighted by Crippen LogP contribution is -2.50. The highest BCUT2D eigenvalue weighted by Gasteiger charge is 2.40. The van der Waals surface area contributed by atoms with Crippen LogP contribution >= 0.6 is 0 Å². The van der Waals surface area contributed by atoms with Gasteiger partial charge in [0.1, 0.15) is 0 Å². The molecule has 2 fully saturated rings. The molecule has 120 valence electrons. The third kappa shape index (κ3) is 4.96. The van der Waals surface area contributed by atoms with Crippen LogP contribution in [-0.2, 0) is 19.4 Å². The number of carbonyl (C=O) groups excluding carboxylic acids is 1. The molecule has 21 heavy (non-hydrogen) atoms. The number of carboxylic acids is 1. The smallest absolute Gasteiger partial charge is 0.304 e. The Labute approximate surface area is 124 Å². The van der Waals surface area contributed by atoms with E-state index in [4.69, 9.17) is 5.11 Å². The summed E-state index contributed by atoms with van der Waals surface area (Å²) in [6.07, 6.45) is 2.41. The van der Waals surface area contributed by atoms with E-state index >= 15 is 0 Å². The first-order valence-electron chi connectivity index (χ1n) is 7.16. The summed E-state index contributed by atoms with van der Waals surface area (Å²) in [7, 11) is -3.06. The zero-order valence-corrected chi connectivity index (χ0v) is 13.0. The van der Waals surface area contributed by atoms with Crippen molar-refractivity contribution in [2.75, 3.05) is 24.6 Å². The van der Waals surface area contributed by atoms with E-state index in [0.717, 1.165) is 12.8 Å². The van der Waals surface area contributed by atoms with E-state index in [1.54, 1.807) is 6.92 Å². The molecular weight excluding hydrogens is 296 g/mol. The topological polar surface area (TPSA) is 104 Å². The second-order valence-electron chi connectivity index (χ2n) is 6.30. The van der Waals surface area contributed by atoms with Gasteiger partial charge in [-0.3, -0.25) is 14.5 Å². The van der Waals surface area contributed by atoms with Crippen molar-refractivity contribution in [3.63, 3.8) is 0 Å². The lowest BCUT2D eigenvalue weighted by molar-refractivity contribution is -0.138. The third-order valence-electron chi connectivity index (χ3n) is 3.97. The molecule has 1 aliphatic heterocycles. The summed E-state index contributed by atoms with van der Waals surface area (Å²) in [4.78, 5) is 24.6. The van der Waals surface area contributed by atoms with Gasteiger partial charge in [0.05, 0.1) is 30.0 Å². The molecule has 2 aliphatic rings. The Bertz CT molecular complexity index is 529. The summed E-state index contributed by atoms with van der Waals surface area (Å²) in [5.41, 5.74) is -0.696. The molecular formula is C13H22N2O5S. The molecule has 0 radical (unpaired) electrons. The number of sulfone groups is 1.